The average molecular weight is 201 g/mol. The molecule has 1 rings (SSSR count). The van der Waals surface area contributed by atoms with Crippen molar-refractivity contribution >= 4 is 6.29 Å². The highest BCUT2D eigenvalue weighted by molar-refractivity contribution is 5.77. The van der Waals surface area contributed by atoms with Crippen LogP contribution in [0.1, 0.15) is 22.0 Å². The fourth-order valence-electron chi connectivity index (χ4n) is 1.10. The molecule has 1 atom stereocenters. The van der Waals surface area contributed by atoms with Crippen LogP contribution in [0.5, 0.6) is 0 Å². The van der Waals surface area contributed by atoms with E-state index in [0.717, 1.165) is 12.1 Å². The Hall–Kier alpha value is -1.33. The predicted octanol–water partition coefficient (Wildman–Crippen LogP) is 0.769. The second-order valence-corrected chi connectivity index (χ2v) is 2.80. The molecular weight excluding hydrogens is 192 g/mol. The average Bonchev–Trinajstić information content (AvgIpc) is 2.20. The molecule has 3 nitrogen and oxygen atoms in total. The summed E-state index contributed by atoms with van der Waals surface area (Å²) < 4.78 is 25.4. The van der Waals surface area contributed by atoms with Gasteiger partial charge in [0.15, 0.2) is 11.6 Å². The maximum Gasteiger partial charge on any atom is 0.159 e. The van der Waals surface area contributed by atoms with Crippen molar-refractivity contribution in [1.82, 2.24) is 0 Å². The van der Waals surface area contributed by atoms with Gasteiger partial charge in [0.25, 0.3) is 0 Å². The molecule has 0 saturated heterocycles. The van der Waals surface area contributed by atoms with Crippen LogP contribution in [0.2, 0.25) is 0 Å². The smallest absolute Gasteiger partial charge is 0.159 e. The van der Waals surface area contributed by atoms with Crippen LogP contribution < -0.4 is 5.73 Å². The van der Waals surface area contributed by atoms with E-state index < -0.39 is 24.3 Å². The number of hydrogen-bond acceptors (Lipinski definition) is 3. The van der Waals surface area contributed by atoms with Gasteiger partial charge < -0.3 is 10.8 Å². The highest BCUT2D eigenvalue weighted by Gasteiger charge is 2.14. The summed E-state index contributed by atoms with van der Waals surface area (Å²) in [6.07, 6.45) is 0.368. The van der Waals surface area contributed by atoms with Gasteiger partial charge >= 0.3 is 0 Å². The van der Waals surface area contributed by atoms with Crippen molar-refractivity contribution in [3.05, 3.63) is 34.9 Å². The first-order valence-electron chi connectivity index (χ1n) is 3.90. The standard InChI is InChI=1S/C9H9F2NO2/c10-7-1-5(3-13)6(2-8(7)11)9(12)4-14/h1-3,9,14H,4,12H2. The molecule has 0 amide bonds. The summed E-state index contributed by atoms with van der Waals surface area (Å²) in [7, 11) is 0. The molecule has 1 aromatic carbocycles. The van der Waals surface area contributed by atoms with E-state index in [4.69, 9.17) is 10.8 Å². The van der Waals surface area contributed by atoms with Gasteiger partial charge in [0.05, 0.1) is 12.6 Å². The topological polar surface area (TPSA) is 63.3 Å². The molecule has 0 spiro atoms. The predicted molar refractivity (Wildman–Crippen MR) is 45.8 cm³/mol. The first kappa shape index (κ1) is 10.7. The Morgan fingerprint density at radius 2 is 2.00 bits per heavy atom. The van der Waals surface area contributed by atoms with Crippen molar-refractivity contribution < 1.29 is 18.7 Å². The van der Waals surface area contributed by atoms with Gasteiger partial charge in [0.2, 0.25) is 0 Å². The third-order valence-corrected chi connectivity index (χ3v) is 1.85. The lowest BCUT2D eigenvalue weighted by atomic mass is 10.0. The molecule has 0 fully saturated rings. The molecule has 0 radical (unpaired) electrons. The van der Waals surface area contributed by atoms with Crippen LogP contribution in [0.25, 0.3) is 0 Å². The number of hydrogen-bond donors (Lipinski definition) is 2. The van der Waals surface area contributed by atoms with E-state index in [9.17, 15) is 13.6 Å². The van der Waals surface area contributed by atoms with Gasteiger partial charge in [-0.15, -0.1) is 0 Å². The second-order valence-electron chi connectivity index (χ2n) is 2.80. The Morgan fingerprint density at radius 1 is 1.43 bits per heavy atom. The summed E-state index contributed by atoms with van der Waals surface area (Å²) in [5, 5.41) is 8.71. The molecular formula is C9H9F2NO2. The van der Waals surface area contributed by atoms with Crippen LogP contribution in [-0.2, 0) is 0 Å². The van der Waals surface area contributed by atoms with E-state index in [2.05, 4.69) is 0 Å². The van der Waals surface area contributed by atoms with E-state index >= 15 is 0 Å². The SMILES string of the molecule is NC(CO)c1cc(F)c(F)cc1C=O. The molecule has 0 aliphatic carbocycles. The van der Waals surface area contributed by atoms with Crippen molar-refractivity contribution in [1.29, 1.82) is 0 Å². The van der Waals surface area contributed by atoms with Gasteiger partial charge in [-0.25, -0.2) is 8.78 Å². The Labute approximate surface area is 79.2 Å². The fraction of sp³-hybridized carbons (Fsp3) is 0.222. The zero-order valence-electron chi connectivity index (χ0n) is 7.21. The quantitative estimate of drug-likeness (QED) is 0.710. The lowest BCUT2D eigenvalue weighted by Crippen LogP contribution is -2.17. The van der Waals surface area contributed by atoms with Crippen molar-refractivity contribution in [2.75, 3.05) is 6.61 Å². The van der Waals surface area contributed by atoms with Gasteiger partial charge in [-0.2, -0.15) is 0 Å². The number of nitrogens with two attached hydrogens (primary N) is 1. The molecule has 0 heterocycles. The number of rotatable bonds is 3. The van der Waals surface area contributed by atoms with Crippen molar-refractivity contribution in [3.63, 3.8) is 0 Å². The number of aldehydes is 1. The summed E-state index contributed by atoms with van der Waals surface area (Å²) in [4.78, 5) is 10.5. The summed E-state index contributed by atoms with van der Waals surface area (Å²) >= 11 is 0. The molecule has 1 aromatic rings. The van der Waals surface area contributed by atoms with Crippen molar-refractivity contribution in [3.8, 4) is 0 Å². The first-order valence-corrected chi connectivity index (χ1v) is 3.90. The van der Waals surface area contributed by atoms with E-state index in [0.29, 0.717) is 6.29 Å². The molecule has 0 bridgehead atoms. The van der Waals surface area contributed by atoms with Crippen LogP contribution in [0.15, 0.2) is 12.1 Å². The van der Waals surface area contributed by atoms with Crippen molar-refractivity contribution in [2.24, 2.45) is 5.73 Å². The van der Waals surface area contributed by atoms with E-state index in [1.165, 1.54) is 0 Å². The van der Waals surface area contributed by atoms with Gasteiger partial charge in [0.1, 0.15) is 6.29 Å². The minimum absolute atomic E-state index is 0.0505. The van der Waals surface area contributed by atoms with Crippen LogP contribution >= 0.6 is 0 Å². The maximum absolute atomic E-state index is 12.8. The van der Waals surface area contributed by atoms with Gasteiger partial charge in [-0.3, -0.25) is 4.79 Å². The van der Waals surface area contributed by atoms with Gasteiger partial charge in [0, 0.05) is 5.56 Å². The number of halogens is 2. The van der Waals surface area contributed by atoms with Crippen LogP contribution in [0, 0.1) is 11.6 Å². The summed E-state index contributed by atoms with van der Waals surface area (Å²) in [6, 6.07) is 0.693. The molecule has 3 N–H and O–H groups in total. The first-order chi connectivity index (χ1) is 6.60. The minimum Gasteiger partial charge on any atom is -0.394 e. The molecule has 0 saturated carbocycles. The largest absolute Gasteiger partial charge is 0.394 e. The third kappa shape index (κ3) is 1.94. The van der Waals surface area contributed by atoms with E-state index in [1.54, 1.807) is 0 Å². The van der Waals surface area contributed by atoms with E-state index in [-0.39, 0.29) is 11.1 Å². The van der Waals surface area contributed by atoms with Crippen LogP contribution in [-0.4, -0.2) is 18.0 Å². The molecule has 0 aliphatic heterocycles. The summed E-state index contributed by atoms with van der Waals surface area (Å²) in [5.74, 6) is -2.20. The Bertz CT molecular complexity index is 355. The Morgan fingerprint density at radius 3 is 2.50 bits per heavy atom. The van der Waals surface area contributed by atoms with Gasteiger partial charge in [-0.1, -0.05) is 0 Å². The highest BCUT2D eigenvalue weighted by Crippen LogP contribution is 2.18. The van der Waals surface area contributed by atoms with E-state index in [1.807, 2.05) is 0 Å². The highest BCUT2D eigenvalue weighted by atomic mass is 19.2. The molecule has 5 heteroatoms. The van der Waals surface area contributed by atoms with Crippen LogP contribution in [0.4, 0.5) is 8.78 Å². The molecule has 76 valence electrons. The monoisotopic (exact) mass is 201 g/mol. The maximum atomic E-state index is 12.8. The zero-order chi connectivity index (χ0) is 10.7. The number of carbonyl (C=O) groups excluding carboxylic acids is 1. The zero-order valence-corrected chi connectivity index (χ0v) is 7.21. The molecule has 0 aromatic heterocycles. The molecule has 14 heavy (non-hydrogen) atoms. The Balaban J connectivity index is 3.26. The fourth-order valence-corrected chi connectivity index (χ4v) is 1.10. The number of benzene rings is 1. The lowest BCUT2D eigenvalue weighted by Gasteiger charge is -2.11. The number of aliphatic hydroxyl groups is 1. The summed E-state index contributed by atoms with van der Waals surface area (Å²) in [6.45, 7) is -0.439. The summed E-state index contributed by atoms with van der Waals surface area (Å²) in [5.41, 5.74) is 5.44. The normalized spacial score (nSPS) is 12.6. The number of carbonyl (C=O) groups is 1. The van der Waals surface area contributed by atoms with Gasteiger partial charge in [-0.05, 0) is 17.7 Å². The van der Waals surface area contributed by atoms with Crippen molar-refractivity contribution in [2.45, 2.75) is 6.04 Å². The minimum atomic E-state index is -1.11. The number of aliphatic hydroxyl groups excluding tert-OH is 1. The molecule has 0 aliphatic rings. The molecule has 1 unspecified atom stereocenters. The second kappa shape index (κ2) is 4.26. The third-order valence-electron chi connectivity index (χ3n) is 1.85. The lowest BCUT2D eigenvalue weighted by molar-refractivity contribution is 0.112. The Kier molecular flexibility index (Phi) is 3.27. The van der Waals surface area contributed by atoms with Crippen LogP contribution in [0.3, 0.4) is 0 Å².